The molecule has 0 radical (unpaired) electrons. The van der Waals surface area contributed by atoms with Gasteiger partial charge < -0.3 is 20.3 Å². The van der Waals surface area contributed by atoms with Gasteiger partial charge in [0.1, 0.15) is 0 Å². The number of rotatable bonds is 5. The molecule has 1 amide bonds. The van der Waals surface area contributed by atoms with Crippen molar-refractivity contribution in [1.29, 1.82) is 0 Å². The molecular formula is C17H25BrN4O2. The first-order chi connectivity index (χ1) is 11.5. The van der Waals surface area contributed by atoms with E-state index >= 15 is 0 Å². The molecule has 0 spiro atoms. The van der Waals surface area contributed by atoms with Crippen LogP contribution in [0, 0.1) is 12.8 Å². The van der Waals surface area contributed by atoms with Crippen molar-refractivity contribution in [2.45, 2.75) is 13.3 Å². The van der Waals surface area contributed by atoms with Crippen molar-refractivity contribution < 1.29 is 9.53 Å². The van der Waals surface area contributed by atoms with Crippen LogP contribution < -0.4 is 10.6 Å². The summed E-state index contributed by atoms with van der Waals surface area (Å²) in [4.78, 5) is 18.6. The van der Waals surface area contributed by atoms with Crippen molar-refractivity contribution in [2.24, 2.45) is 10.9 Å². The Morgan fingerprint density at radius 3 is 3.00 bits per heavy atom. The van der Waals surface area contributed by atoms with Crippen LogP contribution in [0.2, 0.25) is 0 Å². The van der Waals surface area contributed by atoms with Crippen LogP contribution in [0.15, 0.2) is 27.7 Å². The summed E-state index contributed by atoms with van der Waals surface area (Å²) in [5, 5.41) is 6.06. The lowest BCUT2D eigenvalue weighted by molar-refractivity contribution is -0.115. The molecule has 0 saturated carbocycles. The van der Waals surface area contributed by atoms with E-state index in [0.29, 0.717) is 5.92 Å². The number of halogens is 1. The number of hydrogen-bond acceptors (Lipinski definition) is 3. The van der Waals surface area contributed by atoms with Crippen molar-refractivity contribution in [3.63, 3.8) is 0 Å². The Labute approximate surface area is 151 Å². The largest absolute Gasteiger partial charge is 0.384 e. The van der Waals surface area contributed by atoms with Gasteiger partial charge in [-0.2, -0.15) is 0 Å². The topological polar surface area (TPSA) is 66.0 Å². The number of carbonyl (C=O) groups excluding carboxylic acids is 1. The molecule has 2 N–H and O–H groups in total. The number of benzene rings is 1. The summed E-state index contributed by atoms with van der Waals surface area (Å²) < 4.78 is 6.16. The number of likely N-dealkylation sites (tertiary alicyclic amines) is 1. The molecule has 2 rings (SSSR count). The van der Waals surface area contributed by atoms with E-state index in [1.807, 2.05) is 25.1 Å². The van der Waals surface area contributed by atoms with Crippen molar-refractivity contribution in [3.05, 3.63) is 28.2 Å². The predicted octanol–water partition coefficient (Wildman–Crippen LogP) is 2.24. The van der Waals surface area contributed by atoms with Crippen LogP contribution in [0.5, 0.6) is 0 Å². The number of hydrogen-bond donors (Lipinski definition) is 2. The maximum Gasteiger partial charge on any atom is 0.243 e. The fourth-order valence-corrected chi connectivity index (χ4v) is 3.17. The minimum atomic E-state index is -0.0926. The maximum absolute atomic E-state index is 12.2. The molecule has 1 atom stereocenters. The number of nitrogens with zero attached hydrogens (tertiary/aromatic N) is 2. The maximum atomic E-state index is 12.2. The van der Waals surface area contributed by atoms with Crippen molar-refractivity contribution in [3.8, 4) is 0 Å². The fraction of sp³-hybridized carbons (Fsp3) is 0.529. The van der Waals surface area contributed by atoms with E-state index in [1.54, 1.807) is 14.2 Å². The standard InChI is InChI=1S/C17H25BrN4O2/c1-12-4-5-14(18)8-15(12)21-16(23)9-20-17(19-2)22-7-6-13(10-22)11-24-3/h4-5,8,13H,6-7,9-11H2,1-3H3,(H,19,20)(H,21,23). The van der Waals surface area contributed by atoms with Gasteiger partial charge in [-0.3, -0.25) is 9.79 Å². The Balaban J connectivity index is 1.85. The van der Waals surface area contributed by atoms with Crippen LogP contribution in [-0.2, 0) is 9.53 Å². The van der Waals surface area contributed by atoms with E-state index in [9.17, 15) is 4.79 Å². The summed E-state index contributed by atoms with van der Waals surface area (Å²) in [6.45, 7) is 4.74. The zero-order valence-corrected chi connectivity index (χ0v) is 16.0. The second kappa shape index (κ2) is 9.03. The van der Waals surface area contributed by atoms with Crippen LogP contribution >= 0.6 is 15.9 Å². The molecule has 0 bridgehead atoms. The number of amides is 1. The van der Waals surface area contributed by atoms with Gasteiger partial charge in [-0.15, -0.1) is 0 Å². The zero-order valence-electron chi connectivity index (χ0n) is 14.4. The molecule has 1 aliphatic rings. The van der Waals surface area contributed by atoms with E-state index in [-0.39, 0.29) is 12.5 Å². The monoisotopic (exact) mass is 396 g/mol. The highest BCUT2D eigenvalue weighted by Crippen LogP contribution is 2.20. The summed E-state index contributed by atoms with van der Waals surface area (Å²) >= 11 is 3.42. The number of anilines is 1. The number of aryl methyl sites for hydroxylation is 1. The highest BCUT2D eigenvalue weighted by Gasteiger charge is 2.24. The van der Waals surface area contributed by atoms with Gasteiger partial charge in [-0.25, -0.2) is 0 Å². The van der Waals surface area contributed by atoms with Crippen molar-refractivity contribution in [1.82, 2.24) is 10.2 Å². The molecular weight excluding hydrogens is 372 g/mol. The van der Waals surface area contributed by atoms with E-state index in [0.717, 1.165) is 47.8 Å². The number of guanidine groups is 1. The number of carbonyl (C=O) groups is 1. The second-order valence-corrected chi connectivity index (χ2v) is 6.88. The number of methoxy groups -OCH3 is 1. The molecule has 1 aromatic rings. The van der Waals surface area contributed by atoms with Crippen LogP contribution in [0.25, 0.3) is 0 Å². The molecule has 7 heteroatoms. The summed E-state index contributed by atoms with van der Waals surface area (Å²) in [7, 11) is 3.46. The van der Waals surface area contributed by atoms with Gasteiger partial charge in [0.25, 0.3) is 0 Å². The van der Waals surface area contributed by atoms with Gasteiger partial charge in [0.15, 0.2) is 5.96 Å². The molecule has 24 heavy (non-hydrogen) atoms. The summed E-state index contributed by atoms with van der Waals surface area (Å²) in [5.41, 5.74) is 1.84. The van der Waals surface area contributed by atoms with E-state index in [1.165, 1.54) is 0 Å². The molecule has 1 heterocycles. The summed E-state index contributed by atoms with van der Waals surface area (Å²) in [5.74, 6) is 1.19. The van der Waals surface area contributed by atoms with Gasteiger partial charge in [0.2, 0.25) is 5.91 Å². The van der Waals surface area contributed by atoms with E-state index < -0.39 is 0 Å². The van der Waals surface area contributed by atoms with Crippen LogP contribution in [-0.4, -0.2) is 57.2 Å². The quantitative estimate of drug-likeness (QED) is 0.591. The Kier molecular flexibility index (Phi) is 7.05. The second-order valence-electron chi connectivity index (χ2n) is 5.96. The molecule has 0 aliphatic carbocycles. The lowest BCUT2D eigenvalue weighted by atomic mass is 10.1. The minimum Gasteiger partial charge on any atom is -0.384 e. The first-order valence-electron chi connectivity index (χ1n) is 8.04. The molecule has 1 aliphatic heterocycles. The van der Waals surface area contributed by atoms with E-state index in [4.69, 9.17) is 4.74 Å². The third kappa shape index (κ3) is 5.21. The highest BCUT2D eigenvalue weighted by molar-refractivity contribution is 9.10. The third-order valence-corrected chi connectivity index (χ3v) is 4.57. The first-order valence-corrected chi connectivity index (χ1v) is 8.83. The average molecular weight is 397 g/mol. The molecule has 1 fully saturated rings. The molecule has 1 unspecified atom stereocenters. The number of nitrogens with one attached hydrogen (secondary N) is 2. The van der Waals surface area contributed by atoms with Gasteiger partial charge in [-0.05, 0) is 31.0 Å². The van der Waals surface area contributed by atoms with Gasteiger partial charge in [0, 0.05) is 43.3 Å². The lowest BCUT2D eigenvalue weighted by Crippen LogP contribution is -2.43. The predicted molar refractivity (Wildman–Crippen MR) is 100 cm³/mol. The highest BCUT2D eigenvalue weighted by atomic mass is 79.9. The van der Waals surface area contributed by atoms with Gasteiger partial charge in [-0.1, -0.05) is 22.0 Å². The van der Waals surface area contributed by atoms with Crippen LogP contribution in [0.3, 0.4) is 0 Å². The summed E-state index contributed by atoms with van der Waals surface area (Å²) in [6.07, 6.45) is 1.08. The normalized spacial score (nSPS) is 17.9. The van der Waals surface area contributed by atoms with Crippen LogP contribution in [0.4, 0.5) is 5.69 Å². The Bertz CT molecular complexity index is 606. The van der Waals surface area contributed by atoms with Crippen molar-refractivity contribution in [2.75, 3.05) is 45.7 Å². The molecule has 6 nitrogen and oxygen atoms in total. The number of ether oxygens (including phenoxy) is 1. The Morgan fingerprint density at radius 1 is 1.50 bits per heavy atom. The van der Waals surface area contributed by atoms with E-state index in [2.05, 4.69) is 36.5 Å². The smallest absolute Gasteiger partial charge is 0.243 e. The summed E-state index contributed by atoms with van der Waals surface area (Å²) in [6, 6.07) is 5.82. The Hall–Kier alpha value is -1.60. The molecule has 1 saturated heterocycles. The molecule has 0 aromatic heterocycles. The van der Waals surface area contributed by atoms with Gasteiger partial charge in [0.05, 0.1) is 13.2 Å². The molecule has 132 valence electrons. The third-order valence-electron chi connectivity index (χ3n) is 4.08. The number of aliphatic imine (C=N–C) groups is 1. The lowest BCUT2D eigenvalue weighted by Gasteiger charge is -2.21. The Morgan fingerprint density at radius 2 is 2.29 bits per heavy atom. The van der Waals surface area contributed by atoms with Crippen LogP contribution in [0.1, 0.15) is 12.0 Å². The zero-order chi connectivity index (χ0) is 17.5. The van der Waals surface area contributed by atoms with Crippen molar-refractivity contribution >= 4 is 33.5 Å². The SMILES string of the molecule is CN=C(NCC(=O)Nc1cc(Br)ccc1C)N1CCC(COC)C1. The molecule has 1 aromatic carbocycles. The van der Waals surface area contributed by atoms with Gasteiger partial charge >= 0.3 is 0 Å². The minimum absolute atomic E-state index is 0.0926. The average Bonchev–Trinajstić information content (AvgIpc) is 3.00. The first kappa shape index (κ1) is 18.7. The fourth-order valence-electron chi connectivity index (χ4n) is 2.81.